The number of phenols is 2. The molecule has 0 saturated heterocycles. The van der Waals surface area contributed by atoms with Gasteiger partial charge in [0.2, 0.25) is 0 Å². The van der Waals surface area contributed by atoms with Crippen LogP contribution < -0.4 is 10.2 Å². The summed E-state index contributed by atoms with van der Waals surface area (Å²) in [5.41, 5.74) is 4.07. The van der Waals surface area contributed by atoms with Crippen molar-refractivity contribution >= 4 is 28.1 Å². The van der Waals surface area contributed by atoms with Gasteiger partial charge in [0.25, 0.3) is 5.91 Å². The van der Waals surface area contributed by atoms with E-state index in [9.17, 15) is 15.0 Å². The van der Waals surface area contributed by atoms with Gasteiger partial charge in [-0.2, -0.15) is 5.10 Å². The molecule has 0 fully saturated rings. The van der Waals surface area contributed by atoms with Gasteiger partial charge >= 0.3 is 0 Å². The Morgan fingerprint density at radius 2 is 1.75 bits per heavy atom. The number of halogens is 1. The number of phenolic OH excluding ortho intramolecular Hbond substituents is 2. The number of hydrogen-bond donors (Lipinski definition) is 3. The van der Waals surface area contributed by atoms with E-state index >= 15 is 0 Å². The molecule has 7 heteroatoms. The van der Waals surface area contributed by atoms with Crippen molar-refractivity contribution in [3.8, 4) is 17.2 Å². The minimum atomic E-state index is -0.626. The molecule has 6 nitrogen and oxygen atoms in total. The molecule has 28 heavy (non-hydrogen) atoms. The molecule has 0 aliphatic rings. The molecule has 0 spiro atoms. The summed E-state index contributed by atoms with van der Waals surface area (Å²) in [4.78, 5) is 12.0. The lowest BCUT2D eigenvalue weighted by molar-refractivity contribution is 0.0952. The maximum absolute atomic E-state index is 12.0. The summed E-state index contributed by atoms with van der Waals surface area (Å²) < 4.78 is 6.75. The number of rotatable bonds is 6. The first-order valence-corrected chi connectivity index (χ1v) is 9.13. The van der Waals surface area contributed by atoms with Crippen molar-refractivity contribution < 1.29 is 19.7 Å². The highest BCUT2D eigenvalue weighted by atomic mass is 79.9. The molecule has 0 atom stereocenters. The SMILES string of the molecule is O=C(N/N=C\c1ccc(OCc2ccc(Br)cc2)cc1)c1cc(O)ccc1O. The highest BCUT2D eigenvalue weighted by molar-refractivity contribution is 9.10. The Morgan fingerprint density at radius 1 is 1.04 bits per heavy atom. The summed E-state index contributed by atoms with van der Waals surface area (Å²) in [5.74, 6) is -0.267. The van der Waals surface area contributed by atoms with Gasteiger partial charge in [0.15, 0.2) is 0 Å². The second kappa shape index (κ2) is 9.05. The van der Waals surface area contributed by atoms with E-state index < -0.39 is 5.91 Å². The first-order valence-electron chi connectivity index (χ1n) is 8.34. The molecule has 142 valence electrons. The number of carbonyl (C=O) groups is 1. The summed E-state index contributed by atoms with van der Waals surface area (Å²) in [6.45, 7) is 0.462. The van der Waals surface area contributed by atoms with Crippen molar-refractivity contribution in [3.63, 3.8) is 0 Å². The Bertz CT molecular complexity index is 986. The molecular formula is C21H17BrN2O4. The molecule has 0 heterocycles. The standard InChI is InChI=1S/C21H17BrN2O4/c22-16-5-1-15(2-6-16)13-28-18-8-3-14(4-9-18)12-23-24-21(27)19-11-17(25)7-10-20(19)26/h1-12,25-26H,13H2,(H,24,27)/b23-12-. The number of ether oxygens (including phenoxy) is 1. The zero-order valence-electron chi connectivity index (χ0n) is 14.7. The molecule has 0 saturated carbocycles. The lowest BCUT2D eigenvalue weighted by atomic mass is 10.2. The predicted molar refractivity (Wildman–Crippen MR) is 110 cm³/mol. The average molecular weight is 441 g/mol. The number of benzene rings is 3. The Morgan fingerprint density at radius 3 is 2.46 bits per heavy atom. The van der Waals surface area contributed by atoms with Gasteiger partial charge in [0, 0.05) is 4.47 Å². The maximum Gasteiger partial charge on any atom is 0.275 e. The highest BCUT2D eigenvalue weighted by Gasteiger charge is 2.10. The normalized spacial score (nSPS) is 10.8. The van der Waals surface area contributed by atoms with Gasteiger partial charge in [-0.15, -0.1) is 0 Å². The zero-order valence-corrected chi connectivity index (χ0v) is 16.3. The summed E-state index contributed by atoms with van der Waals surface area (Å²) in [6, 6.07) is 18.8. The third-order valence-corrected chi connectivity index (χ3v) is 4.33. The average Bonchev–Trinajstić information content (AvgIpc) is 2.70. The lowest BCUT2D eigenvalue weighted by Gasteiger charge is -2.06. The van der Waals surface area contributed by atoms with Crippen molar-refractivity contribution in [2.45, 2.75) is 6.61 Å². The van der Waals surface area contributed by atoms with E-state index in [2.05, 4.69) is 26.5 Å². The molecule has 3 aromatic carbocycles. The second-order valence-corrected chi connectivity index (χ2v) is 6.80. The number of nitrogens with zero attached hydrogens (tertiary/aromatic N) is 1. The van der Waals surface area contributed by atoms with Gasteiger partial charge < -0.3 is 14.9 Å². The van der Waals surface area contributed by atoms with Crippen LogP contribution in [-0.4, -0.2) is 22.3 Å². The molecule has 0 bridgehead atoms. The third kappa shape index (κ3) is 5.34. The fraction of sp³-hybridized carbons (Fsp3) is 0.0476. The van der Waals surface area contributed by atoms with E-state index in [1.165, 1.54) is 18.3 Å². The number of amides is 1. The molecule has 3 N–H and O–H groups in total. The first-order chi connectivity index (χ1) is 13.5. The van der Waals surface area contributed by atoms with Crippen molar-refractivity contribution in [2.75, 3.05) is 0 Å². The lowest BCUT2D eigenvalue weighted by Crippen LogP contribution is -2.17. The third-order valence-electron chi connectivity index (χ3n) is 3.80. The summed E-state index contributed by atoms with van der Waals surface area (Å²) >= 11 is 3.40. The molecular weight excluding hydrogens is 424 g/mol. The van der Waals surface area contributed by atoms with Crippen LogP contribution in [0.5, 0.6) is 17.2 Å². The molecule has 0 aliphatic heterocycles. The van der Waals surface area contributed by atoms with Crippen LogP contribution in [0.25, 0.3) is 0 Å². The predicted octanol–water partition coefficient (Wildman–Crippen LogP) is 4.20. The quantitative estimate of drug-likeness (QED) is 0.304. The van der Waals surface area contributed by atoms with Gasteiger partial charge in [-0.25, -0.2) is 5.43 Å². The largest absolute Gasteiger partial charge is 0.508 e. The van der Waals surface area contributed by atoms with Gasteiger partial charge in [-0.05, 0) is 65.7 Å². The Hall–Kier alpha value is -3.32. The second-order valence-electron chi connectivity index (χ2n) is 5.88. The molecule has 3 aromatic rings. The van der Waals surface area contributed by atoms with Crippen LogP contribution in [0.3, 0.4) is 0 Å². The van der Waals surface area contributed by atoms with Crippen LogP contribution >= 0.6 is 15.9 Å². The van der Waals surface area contributed by atoms with Crippen LogP contribution in [0.15, 0.2) is 76.3 Å². The van der Waals surface area contributed by atoms with Gasteiger partial charge in [0.1, 0.15) is 23.9 Å². The molecule has 0 radical (unpaired) electrons. The Labute approximate surface area is 170 Å². The fourth-order valence-electron chi connectivity index (χ4n) is 2.33. The monoisotopic (exact) mass is 440 g/mol. The van der Waals surface area contributed by atoms with Crippen LogP contribution in [0.2, 0.25) is 0 Å². The van der Waals surface area contributed by atoms with Gasteiger partial charge in [0.05, 0.1) is 11.8 Å². The van der Waals surface area contributed by atoms with Gasteiger partial charge in [-0.3, -0.25) is 4.79 Å². The van der Waals surface area contributed by atoms with Crippen molar-refractivity contribution in [2.24, 2.45) is 5.10 Å². The van der Waals surface area contributed by atoms with Crippen LogP contribution in [-0.2, 0) is 6.61 Å². The summed E-state index contributed by atoms with van der Waals surface area (Å²) in [6.07, 6.45) is 1.47. The minimum absolute atomic E-state index is 0.0613. The number of aromatic hydroxyl groups is 2. The smallest absolute Gasteiger partial charge is 0.275 e. The number of nitrogens with one attached hydrogen (secondary N) is 1. The number of hydrogen-bond acceptors (Lipinski definition) is 5. The molecule has 0 aliphatic carbocycles. The van der Waals surface area contributed by atoms with Crippen molar-refractivity contribution in [1.29, 1.82) is 0 Å². The van der Waals surface area contributed by atoms with Crippen molar-refractivity contribution in [3.05, 3.63) is 87.9 Å². The van der Waals surface area contributed by atoms with E-state index in [1.807, 2.05) is 36.4 Å². The topological polar surface area (TPSA) is 91.2 Å². The maximum atomic E-state index is 12.0. The van der Waals surface area contributed by atoms with E-state index in [0.717, 1.165) is 21.7 Å². The van der Waals surface area contributed by atoms with E-state index in [-0.39, 0.29) is 17.1 Å². The minimum Gasteiger partial charge on any atom is -0.508 e. The van der Waals surface area contributed by atoms with Crippen LogP contribution in [0.4, 0.5) is 0 Å². The first kappa shape index (κ1) is 19.4. The van der Waals surface area contributed by atoms with Crippen LogP contribution in [0, 0.1) is 0 Å². The Balaban J connectivity index is 1.54. The van der Waals surface area contributed by atoms with E-state index in [4.69, 9.17) is 4.74 Å². The number of carbonyl (C=O) groups excluding carboxylic acids is 1. The van der Waals surface area contributed by atoms with Crippen LogP contribution in [0.1, 0.15) is 21.5 Å². The zero-order chi connectivity index (χ0) is 19.9. The van der Waals surface area contributed by atoms with Crippen molar-refractivity contribution in [1.82, 2.24) is 5.43 Å². The Kier molecular flexibility index (Phi) is 6.29. The molecule has 1 amide bonds. The summed E-state index contributed by atoms with van der Waals surface area (Å²) in [5, 5.41) is 22.9. The van der Waals surface area contributed by atoms with E-state index in [1.54, 1.807) is 12.1 Å². The number of hydrazone groups is 1. The highest BCUT2D eigenvalue weighted by Crippen LogP contribution is 2.21. The van der Waals surface area contributed by atoms with Gasteiger partial charge in [-0.1, -0.05) is 28.1 Å². The van der Waals surface area contributed by atoms with E-state index in [0.29, 0.717) is 12.4 Å². The molecule has 0 aromatic heterocycles. The fourth-order valence-corrected chi connectivity index (χ4v) is 2.59. The summed E-state index contributed by atoms with van der Waals surface area (Å²) in [7, 11) is 0. The molecule has 0 unspecified atom stereocenters. The molecule has 3 rings (SSSR count).